The average molecular weight is 313 g/mol. The zero-order valence-electron chi connectivity index (χ0n) is 13.2. The van der Waals surface area contributed by atoms with Crippen molar-refractivity contribution in [2.24, 2.45) is 0 Å². The molecular weight excluding hydrogens is 298 g/mol. The Bertz CT molecular complexity index is 1170. The fraction of sp³-hybridized carbons (Fsp3) is 0.0952. The van der Waals surface area contributed by atoms with Crippen molar-refractivity contribution < 1.29 is 4.42 Å². The number of nitrogens with zero attached hydrogens (tertiary/aromatic N) is 1. The summed E-state index contributed by atoms with van der Waals surface area (Å²) < 4.78 is 6.17. The van der Waals surface area contributed by atoms with E-state index in [-0.39, 0.29) is 5.43 Å². The van der Waals surface area contributed by atoms with Gasteiger partial charge in [0.05, 0.1) is 10.9 Å². The quantitative estimate of drug-likeness (QED) is 0.444. The van der Waals surface area contributed by atoms with Crippen molar-refractivity contribution >= 4 is 33.3 Å². The molecule has 4 aromatic rings. The van der Waals surface area contributed by atoms with E-state index in [0.29, 0.717) is 23.3 Å². The molecule has 3 heteroatoms. The van der Waals surface area contributed by atoms with Crippen molar-refractivity contribution in [3.05, 3.63) is 82.0 Å². The highest BCUT2D eigenvalue weighted by Crippen LogP contribution is 2.38. The third kappa shape index (κ3) is 1.69. The van der Waals surface area contributed by atoms with Gasteiger partial charge in [-0.05, 0) is 28.5 Å². The summed E-state index contributed by atoms with van der Waals surface area (Å²) in [5.41, 5.74) is 3.70. The van der Waals surface area contributed by atoms with Gasteiger partial charge in [-0.25, -0.2) is 0 Å². The first kappa shape index (κ1) is 13.4. The van der Waals surface area contributed by atoms with Crippen LogP contribution in [0.5, 0.6) is 0 Å². The molecule has 1 aromatic heterocycles. The molecule has 0 saturated carbocycles. The Hall–Kier alpha value is -3.07. The summed E-state index contributed by atoms with van der Waals surface area (Å²) >= 11 is 0. The molecule has 1 aliphatic rings. The van der Waals surface area contributed by atoms with Gasteiger partial charge in [0.25, 0.3) is 0 Å². The zero-order chi connectivity index (χ0) is 16.3. The standard InChI is InChI=1S/C21H15NO2/c1-22-17-9-5-3-7-14(17)12-16-20(23)19-15-8-4-2-6-13(15)10-11-18(19)24-21(16)22/h2-11H,12H2,1H3. The largest absolute Gasteiger partial charge is 0.440 e. The van der Waals surface area contributed by atoms with Gasteiger partial charge in [-0.15, -0.1) is 0 Å². The molecule has 0 fully saturated rings. The molecule has 0 N–H and O–H groups in total. The van der Waals surface area contributed by atoms with E-state index >= 15 is 0 Å². The lowest BCUT2D eigenvalue weighted by atomic mass is 9.96. The van der Waals surface area contributed by atoms with Crippen LogP contribution in [0.15, 0.2) is 69.9 Å². The van der Waals surface area contributed by atoms with Crippen LogP contribution in [0, 0.1) is 0 Å². The molecule has 3 nitrogen and oxygen atoms in total. The van der Waals surface area contributed by atoms with Crippen molar-refractivity contribution in [1.29, 1.82) is 0 Å². The lowest BCUT2D eigenvalue weighted by Crippen LogP contribution is -2.24. The first-order valence-electron chi connectivity index (χ1n) is 8.03. The van der Waals surface area contributed by atoms with E-state index in [2.05, 4.69) is 12.1 Å². The van der Waals surface area contributed by atoms with Crippen LogP contribution < -0.4 is 10.3 Å². The molecule has 1 aliphatic heterocycles. The second-order valence-electron chi connectivity index (χ2n) is 6.24. The maximum Gasteiger partial charge on any atom is 0.207 e. The first-order chi connectivity index (χ1) is 11.7. The van der Waals surface area contributed by atoms with Crippen molar-refractivity contribution in [3.63, 3.8) is 0 Å². The van der Waals surface area contributed by atoms with E-state index in [1.165, 1.54) is 0 Å². The first-order valence-corrected chi connectivity index (χ1v) is 8.03. The van der Waals surface area contributed by atoms with Crippen LogP contribution in [0.3, 0.4) is 0 Å². The molecular formula is C21H15NO2. The van der Waals surface area contributed by atoms with E-state index in [4.69, 9.17) is 4.42 Å². The maximum absolute atomic E-state index is 13.3. The van der Waals surface area contributed by atoms with Gasteiger partial charge in [0.2, 0.25) is 5.88 Å². The number of hydrogen-bond donors (Lipinski definition) is 0. The molecule has 0 spiro atoms. The van der Waals surface area contributed by atoms with Crippen LogP contribution >= 0.6 is 0 Å². The molecule has 0 bridgehead atoms. The second-order valence-corrected chi connectivity index (χ2v) is 6.24. The highest BCUT2D eigenvalue weighted by atomic mass is 16.4. The summed E-state index contributed by atoms with van der Waals surface area (Å²) in [4.78, 5) is 15.2. The molecule has 0 unspecified atom stereocenters. The number of fused-ring (bicyclic) bond motifs is 5. The van der Waals surface area contributed by atoms with Gasteiger partial charge in [0.15, 0.2) is 5.43 Å². The highest BCUT2D eigenvalue weighted by molar-refractivity contribution is 6.06. The Labute approximate surface area is 138 Å². The molecule has 24 heavy (non-hydrogen) atoms. The molecule has 0 aliphatic carbocycles. The Kier molecular flexibility index (Phi) is 2.63. The van der Waals surface area contributed by atoms with Crippen molar-refractivity contribution in [2.75, 3.05) is 11.9 Å². The third-order valence-electron chi connectivity index (χ3n) is 4.88. The van der Waals surface area contributed by atoms with Crippen LogP contribution in [0.25, 0.3) is 21.7 Å². The van der Waals surface area contributed by atoms with Gasteiger partial charge in [-0.3, -0.25) is 4.79 Å². The van der Waals surface area contributed by atoms with Gasteiger partial charge in [-0.1, -0.05) is 48.5 Å². The molecule has 5 rings (SSSR count). The molecule has 3 aromatic carbocycles. The van der Waals surface area contributed by atoms with Crippen LogP contribution in [-0.2, 0) is 6.42 Å². The Balaban J connectivity index is 1.90. The maximum atomic E-state index is 13.3. The summed E-state index contributed by atoms with van der Waals surface area (Å²) in [6, 6.07) is 20.0. The fourth-order valence-corrected chi connectivity index (χ4v) is 3.70. The molecule has 0 saturated heterocycles. The fourth-order valence-electron chi connectivity index (χ4n) is 3.70. The molecule has 0 atom stereocenters. The van der Waals surface area contributed by atoms with Gasteiger partial charge in [0, 0.05) is 19.2 Å². The lowest BCUT2D eigenvalue weighted by molar-refractivity contribution is 0.592. The number of rotatable bonds is 0. The van der Waals surface area contributed by atoms with Crippen LogP contribution in [0.1, 0.15) is 11.1 Å². The lowest BCUT2D eigenvalue weighted by Gasteiger charge is -2.28. The molecule has 0 amide bonds. The second kappa shape index (κ2) is 4.71. The van der Waals surface area contributed by atoms with Gasteiger partial charge in [-0.2, -0.15) is 0 Å². The number of anilines is 2. The summed E-state index contributed by atoms with van der Waals surface area (Å²) in [5, 5.41) is 2.69. The number of hydrogen-bond acceptors (Lipinski definition) is 3. The SMILES string of the molecule is CN1c2ccccc2Cc2c1oc1ccc3ccccc3c1c2=O. The smallest absolute Gasteiger partial charge is 0.207 e. The van der Waals surface area contributed by atoms with E-state index in [1.54, 1.807) is 0 Å². The topological polar surface area (TPSA) is 33.5 Å². The van der Waals surface area contributed by atoms with Gasteiger partial charge >= 0.3 is 0 Å². The number of para-hydroxylation sites is 1. The summed E-state index contributed by atoms with van der Waals surface area (Å²) in [6.07, 6.45) is 0.608. The Morgan fingerprint density at radius 2 is 1.75 bits per heavy atom. The predicted octanol–water partition coefficient (Wildman–Crippen LogP) is 4.62. The highest BCUT2D eigenvalue weighted by Gasteiger charge is 2.26. The number of benzene rings is 3. The normalized spacial score (nSPS) is 13.1. The van der Waals surface area contributed by atoms with Crippen molar-refractivity contribution in [1.82, 2.24) is 0 Å². The third-order valence-corrected chi connectivity index (χ3v) is 4.88. The predicted molar refractivity (Wildman–Crippen MR) is 97.3 cm³/mol. The van der Waals surface area contributed by atoms with Crippen molar-refractivity contribution in [2.45, 2.75) is 6.42 Å². The van der Waals surface area contributed by atoms with Gasteiger partial charge < -0.3 is 9.32 Å². The van der Waals surface area contributed by atoms with E-state index in [1.807, 2.05) is 60.5 Å². The molecule has 0 radical (unpaired) electrons. The Morgan fingerprint density at radius 3 is 2.67 bits per heavy atom. The minimum absolute atomic E-state index is 0.0735. The van der Waals surface area contributed by atoms with Crippen molar-refractivity contribution in [3.8, 4) is 0 Å². The van der Waals surface area contributed by atoms with E-state index < -0.39 is 0 Å². The summed E-state index contributed by atoms with van der Waals surface area (Å²) in [6.45, 7) is 0. The van der Waals surface area contributed by atoms with Crippen LogP contribution in [0.2, 0.25) is 0 Å². The van der Waals surface area contributed by atoms with E-state index in [0.717, 1.165) is 27.6 Å². The van der Waals surface area contributed by atoms with Crippen LogP contribution in [0.4, 0.5) is 11.6 Å². The van der Waals surface area contributed by atoms with Crippen LogP contribution in [-0.4, -0.2) is 7.05 Å². The zero-order valence-corrected chi connectivity index (χ0v) is 13.2. The molecule has 2 heterocycles. The minimum atomic E-state index is 0.0735. The minimum Gasteiger partial charge on any atom is -0.440 e. The average Bonchev–Trinajstić information content (AvgIpc) is 2.63. The monoisotopic (exact) mass is 313 g/mol. The van der Waals surface area contributed by atoms with Gasteiger partial charge in [0.1, 0.15) is 5.58 Å². The Morgan fingerprint density at radius 1 is 0.958 bits per heavy atom. The summed E-state index contributed by atoms with van der Waals surface area (Å²) in [5.74, 6) is 0.654. The summed E-state index contributed by atoms with van der Waals surface area (Å²) in [7, 11) is 1.95. The van der Waals surface area contributed by atoms with E-state index in [9.17, 15) is 4.79 Å². The molecule has 116 valence electrons.